The summed E-state index contributed by atoms with van der Waals surface area (Å²) in [5, 5.41) is 16.5. The first-order valence-corrected chi connectivity index (χ1v) is 6.56. The first-order chi connectivity index (χ1) is 8.24. The Hall–Kier alpha value is -0.870. The van der Waals surface area contributed by atoms with Crippen molar-refractivity contribution in [2.75, 3.05) is 19.7 Å². The number of hydrogen-bond acceptors (Lipinski definition) is 3. The Balaban J connectivity index is 1.99. The highest BCUT2D eigenvalue weighted by Crippen LogP contribution is 2.02. The van der Waals surface area contributed by atoms with Crippen LogP contribution in [0.1, 0.15) is 37.1 Å². The zero-order chi connectivity index (χ0) is 12.5. The van der Waals surface area contributed by atoms with Crippen molar-refractivity contribution in [1.82, 2.24) is 15.1 Å². The van der Waals surface area contributed by atoms with Gasteiger partial charge in [0.05, 0.1) is 5.69 Å². The summed E-state index contributed by atoms with van der Waals surface area (Å²) >= 11 is 0. The largest absolute Gasteiger partial charge is 0.396 e. The first kappa shape index (κ1) is 14.2. The van der Waals surface area contributed by atoms with Crippen molar-refractivity contribution in [3.05, 3.63) is 17.5 Å². The Bertz CT molecular complexity index is 310. The maximum absolute atomic E-state index is 8.63. The van der Waals surface area contributed by atoms with Crippen LogP contribution in [0, 0.1) is 13.8 Å². The molecule has 0 aliphatic heterocycles. The van der Waals surface area contributed by atoms with Crippen molar-refractivity contribution in [1.29, 1.82) is 0 Å². The lowest BCUT2D eigenvalue weighted by Crippen LogP contribution is -2.18. The number of nitrogens with one attached hydrogen (secondary N) is 1. The van der Waals surface area contributed by atoms with E-state index in [0.29, 0.717) is 6.61 Å². The standard InChI is InChI=1S/C13H25N3O/c1-12-11-13(2)16(15-12)9-6-8-14-7-4-3-5-10-17/h11,14,17H,3-10H2,1-2H3. The van der Waals surface area contributed by atoms with E-state index in [1.165, 1.54) is 5.69 Å². The van der Waals surface area contributed by atoms with E-state index in [1.807, 2.05) is 6.92 Å². The lowest BCUT2D eigenvalue weighted by Gasteiger charge is -2.06. The minimum atomic E-state index is 0.317. The van der Waals surface area contributed by atoms with E-state index in [2.05, 4.69) is 28.1 Å². The zero-order valence-corrected chi connectivity index (χ0v) is 11.1. The monoisotopic (exact) mass is 239 g/mol. The van der Waals surface area contributed by atoms with Gasteiger partial charge < -0.3 is 10.4 Å². The van der Waals surface area contributed by atoms with Crippen LogP contribution in [0.4, 0.5) is 0 Å². The van der Waals surface area contributed by atoms with Gasteiger partial charge in [-0.3, -0.25) is 4.68 Å². The van der Waals surface area contributed by atoms with E-state index in [9.17, 15) is 0 Å². The van der Waals surface area contributed by atoms with Crippen molar-refractivity contribution >= 4 is 0 Å². The third-order valence-corrected chi connectivity index (χ3v) is 2.84. The van der Waals surface area contributed by atoms with Crippen molar-refractivity contribution in [2.45, 2.75) is 46.1 Å². The van der Waals surface area contributed by atoms with Gasteiger partial charge >= 0.3 is 0 Å². The van der Waals surface area contributed by atoms with E-state index in [-0.39, 0.29) is 0 Å². The molecule has 0 unspecified atom stereocenters. The molecule has 0 bridgehead atoms. The van der Waals surface area contributed by atoms with Gasteiger partial charge in [0.15, 0.2) is 0 Å². The molecule has 2 N–H and O–H groups in total. The number of aliphatic hydroxyl groups is 1. The maximum atomic E-state index is 8.63. The van der Waals surface area contributed by atoms with Gasteiger partial charge in [-0.15, -0.1) is 0 Å². The molecule has 4 nitrogen and oxygen atoms in total. The summed E-state index contributed by atoms with van der Waals surface area (Å²) in [5.74, 6) is 0. The highest BCUT2D eigenvalue weighted by molar-refractivity contribution is 5.06. The SMILES string of the molecule is Cc1cc(C)n(CCCNCCCCCO)n1. The molecule has 0 amide bonds. The summed E-state index contributed by atoms with van der Waals surface area (Å²) in [4.78, 5) is 0. The summed E-state index contributed by atoms with van der Waals surface area (Å²) in [6, 6.07) is 2.11. The van der Waals surface area contributed by atoms with Crippen LogP contribution in [0.5, 0.6) is 0 Å². The molecular formula is C13H25N3O. The molecule has 0 saturated heterocycles. The molecule has 0 aromatic carbocycles. The van der Waals surface area contributed by atoms with E-state index >= 15 is 0 Å². The van der Waals surface area contributed by atoms with E-state index < -0.39 is 0 Å². The Morgan fingerprint density at radius 1 is 1.18 bits per heavy atom. The smallest absolute Gasteiger partial charge is 0.0596 e. The molecule has 1 aromatic heterocycles. The van der Waals surface area contributed by atoms with Gasteiger partial charge in [0.25, 0.3) is 0 Å². The number of aliphatic hydroxyl groups excluding tert-OH is 1. The lowest BCUT2D eigenvalue weighted by molar-refractivity contribution is 0.283. The number of rotatable bonds is 9. The molecule has 1 rings (SSSR count). The fourth-order valence-corrected chi connectivity index (χ4v) is 1.92. The Labute approximate surface area is 104 Å². The summed E-state index contributed by atoms with van der Waals surface area (Å²) < 4.78 is 2.07. The maximum Gasteiger partial charge on any atom is 0.0596 e. The van der Waals surface area contributed by atoms with Crippen LogP contribution < -0.4 is 5.32 Å². The fraction of sp³-hybridized carbons (Fsp3) is 0.769. The van der Waals surface area contributed by atoms with Crippen LogP contribution in [0.25, 0.3) is 0 Å². The summed E-state index contributed by atoms with van der Waals surface area (Å²) in [6.07, 6.45) is 4.30. The normalized spacial score (nSPS) is 11.0. The summed E-state index contributed by atoms with van der Waals surface area (Å²) in [5.41, 5.74) is 2.34. The van der Waals surface area contributed by atoms with Crippen LogP contribution in [-0.2, 0) is 6.54 Å². The molecule has 1 aromatic rings. The average Bonchev–Trinajstić information content (AvgIpc) is 2.61. The second-order valence-electron chi connectivity index (χ2n) is 4.54. The van der Waals surface area contributed by atoms with Gasteiger partial charge in [-0.25, -0.2) is 0 Å². The molecule has 0 spiro atoms. The number of aromatic nitrogens is 2. The predicted molar refractivity (Wildman–Crippen MR) is 70.1 cm³/mol. The topological polar surface area (TPSA) is 50.1 Å². The minimum Gasteiger partial charge on any atom is -0.396 e. The number of unbranched alkanes of at least 4 members (excludes halogenated alkanes) is 2. The Morgan fingerprint density at radius 3 is 2.59 bits per heavy atom. The summed E-state index contributed by atoms with van der Waals surface area (Å²) in [6.45, 7) is 7.53. The van der Waals surface area contributed by atoms with Crippen LogP contribution in [0.2, 0.25) is 0 Å². The van der Waals surface area contributed by atoms with Crippen molar-refractivity contribution in [3.63, 3.8) is 0 Å². The average molecular weight is 239 g/mol. The number of hydrogen-bond donors (Lipinski definition) is 2. The molecule has 17 heavy (non-hydrogen) atoms. The molecular weight excluding hydrogens is 214 g/mol. The number of aryl methyl sites for hydroxylation is 3. The zero-order valence-electron chi connectivity index (χ0n) is 11.1. The molecule has 0 aliphatic carbocycles. The van der Waals surface area contributed by atoms with Crippen LogP contribution in [0.3, 0.4) is 0 Å². The molecule has 1 heterocycles. The molecule has 0 saturated carbocycles. The molecule has 0 radical (unpaired) electrons. The lowest BCUT2D eigenvalue weighted by atomic mass is 10.2. The molecule has 0 fully saturated rings. The van der Waals surface area contributed by atoms with Gasteiger partial charge in [0, 0.05) is 18.8 Å². The van der Waals surface area contributed by atoms with Gasteiger partial charge in [0.2, 0.25) is 0 Å². The highest BCUT2D eigenvalue weighted by atomic mass is 16.2. The van der Waals surface area contributed by atoms with E-state index in [0.717, 1.165) is 51.0 Å². The molecule has 98 valence electrons. The third kappa shape index (κ3) is 5.84. The molecule has 0 atom stereocenters. The Morgan fingerprint density at radius 2 is 1.94 bits per heavy atom. The quantitative estimate of drug-likeness (QED) is 0.644. The molecule has 4 heteroatoms. The molecule has 0 aliphatic rings. The van der Waals surface area contributed by atoms with Gasteiger partial charge in [-0.05, 0) is 58.7 Å². The second kappa shape index (κ2) is 8.25. The van der Waals surface area contributed by atoms with E-state index in [1.54, 1.807) is 0 Å². The van der Waals surface area contributed by atoms with Crippen LogP contribution in [-0.4, -0.2) is 34.6 Å². The van der Waals surface area contributed by atoms with Crippen molar-refractivity contribution < 1.29 is 5.11 Å². The van der Waals surface area contributed by atoms with Crippen molar-refractivity contribution in [2.24, 2.45) is 0 Å². The Kier molecular flexibility index (Phi) is 6.89. The van der Waals surface area contributed by atoms with Gasteiger partial charge in [-0.1, -0.05) is 0 Å². The third-order valence-electron chi connectivity index (χ3n) is 2.84. The number of nitrogens with zero attached hydrogens (tertiary/aromatic N) is 2. The summed E-state index contributed by atoms with van der Waals surface area (Å²) in [7, 11) is 0. The van der Waals surface area contributed by atoms with Gasteiger partial charge in [0.1, 0.15) is 0 Å². The predicted octanol–water partition coefficient (Wildman–Crippen LogP) is 1.64. The first-order valence-electron chi connectivity index (χ1n) is 6.56. The second-order valence-corrected chi connectivity index (χ2v) is 4.54. The fourth-order valence-electron chi connectivity index (χ4n) is 1.92. The van der Waals surface area contributed by atoms with Gasteiger partial charge in [-0.2, -0.15) is 5.10 Å². The van der Waals surface area contributed by atoms with Crippen LogP contribution >= 0.6 is 0 Å². The van der Waals surface area contributed by atoms with Crippen LogP contribution in [0.15, 0.2) is 6.07 Å². The van der Waals surface area contributed by atoms with Crippen molar-refractivity contribution in [3.8, 4) is 0 Å². The highest BCUT2D eigenvalue weighted by Gasteiger charge is 1.99. The minimum absolute atomic E-state index is 0.317. The van der Waals surface area contributed by atoms with E-state index in [4.69, 9.17) is 5.11 Å².